The van der Waals surface area contributed by atoms with E-state index in [1.165, 1.54) is 0 Å². The van der Waals surface area contributed by atoms with Crippen molar-refractivity contribution in [3.63, 3.8) is 0 Å². The monoisotopic (exact) mass is 271 g/mol. The van der Waals surface area contributed by atoms with Gasteiger partial charge in [0.1, 0.15) is 16.0 Å². The van der Waals surface area contributed by atoms with Crippen molar-refractivity contribution in [1.82, 2.24) is 5.32 Å². The van der Waals surface area contributed by atoms with Crippen LogP contribution in [0.4, 0.5) is 0 Å². The van der Waals surface area contributed by atoms with Crippen molar-refractivity contribution in [1.29, 1.82) is 0 Å². The molecule has 3 nitrogen and oxygen atoms in total. The Morgan fingerprint density at radius 1 is 1.53 bits per heavy atom. The van der Waals surface area contributed by atoms with Gasteiger partial charge < -0.3 is 15.2 Å². The number of methoxy groups -OCH3 is 1. The molecule has 82 valence electrons. The van der Waals surface area contributed by atoms with Crippen molar-refractivity contribution < 1.29 is 9.84 Å². The Balaban J connectivity index is 2.36. The lowest BCUT2D eigenvalue weighted by Gasteiger charge is -2.15. The molecule has 0 spiro atoms. The molecule has 15 heavy (non-hydrogen) atoms. The number of phenols is 1. The largest absolute Gasteiger partial charge is 0.506 e. The van der Waals surface area contributed by atoms with Gasteiger partial charge in [0.05, 0.1) is 7.11 Å². The summed E-state index contributed by atoms with van der Waals surface area (Å²) in [5, 5.41) is 13.4. The van der Waals surface area contributed by atoms with Gasteiger partial charge in [-0.25, -0.2) is 0 Å². The lowest BCUT2D eigenvalue weighted by Crippen LogP contribution is -2.13. The summed E-state index contributed by atoms with van der Waals surface area (Å²) in [6, 6.07) is 4.06. The molecule has 0 bridgehead atoms. The maximum atomic E-state index is 10.0. The standard InChI is InChI=1S/C11H14BrNO2/c1-15-9-5-4-7(11(14)10(9)12)8-3-2-6-13-8/h4-5,8,13-14H,2-3,6H2,1H3. The second-order valence-corrected chi connectivity index (χ2v) is 4.46. The molecule has 1 aromatic rings. The van der Waals surface area contributed by atoms with Crippen molar-refractivity contribution in [2.75, 3.05) is 13.7 Å². The topological polar surface area (TPSA) is 41.5 Å². The molecule has 1 heterocycles. The fourth-order valence-electron chi connectivity index (χ4n) is 1.95. The number of hydrogen-bond donors (Lipinski definition) is 2. The van der Waals surface area contributed by atoms with E-state index >= 15 is 0 Å². The first-order chi connectivity index (χ1) is 7.24. The molecule has 1 fully saturated rings. The molecular weight excluding hydrogens is 258 g/mol. The summed E-state index contributed by atoms with van der Waals surface area (Å²) in [5.41, 5.74) is 0.945. The number of rotatable bonds is 2. The molecule has 1 atom stereocenters. The first kappa shape index (κ1) is 10.8. The van der Waals surface area contributed by atoms with Crippen LogP contribution >= 0.6 is 15.9 Å². The fourth-order valence-corrected chi connectivity index (χ4v) is 2.47. The van der Waals surface area contributed by atoms with Crippen molar-refractivity contribution >= 4 is 15.9 Å². The van der Waals surface area contributed by atoms with E-state index in [4.69, 9.17) is 4.74 Å². The zero-order chi connectivity index (χ0) is 10.8. The minimum atomic E-state index is 0.271. The molecule has 1 aromatic carbocycles. The molecule has 1 aliphatic rings. The summed E-state index contributed by atoms with van der Waals surface area (Å²) in [6.07, 6.45) is 2.24. The summed E-state index contributed by atoms with van der Waals surface area (Å²) in [5.74, 6) is 0.947. The van der Waals surface area contributed by atoms with Crippen LogP contribution in [0.5, 0.6) is 11.5 Å². The maximum absolute atomic E-state index is 10.0. The van der Waals surface area contributed by atoms with E-state index in [9.17, 15) is 5.11 Å². The Labute approximate surface area is 97.6 Å². The van der Waals surface area contributed by atoms with Crippen LogP contribution < -0.4 is 10.1 Å². The van der Waals surface area contributed by atoms with Gasteiger partial charge in [-0.1, -0.05) is 0 Å². The van der Waals surface area contributed by atoms with E-state index in [-0.39, 0.29) is 11.8 Å². The smallest absolute Gasteiger partial charge is 0.138 e. The molecule has 1 unspecified atom stereocenters. The third kappa shape index (κ3) is 1.96. The summed E-state index contributed by atoms with van der Waals surface area (Å²) in [6.45, 7) is 1.02. The quantitative estimate of drug-likeness (QED) is 0.869. The van der Waals surface area contributed by atoms with E-state index in [1.807, 2.05) is 12.1 Å². The number of nitrogens with one attached hydrogen (secondary N) is 1. The molecule has 2 N–H and O–H groups in total. The van der Waals surface area contributed by atoms with Gasteiger partial charge in [-0.3, -0.25) is 0 Å². The molecule has 1 aliphatic heterocycles. The first-order valence-corrected chi connectivity index (χ1v) is 5.82. The van der Waals surface area contributed by atoms with Crippen molar-refractivity contribution in [3.05, 3.63) is 22.2 Å². The average Bonchev–Trinajstić information content (AvgIpc) is 2.75. The molecule has 0 radical (unpaired) electrons. The highest BCUT2D eigenvalue weighted by Gasteiger charge is 2.21. The summed E-state index contributed by atoms with van der Waals surface area (Å²) < 4.78 is 5.75. The second kappa shape index (κ2) is 4.41. The van der Waals surface area contributed by atoms with Crippen LogP contribution in [0.2, 0.25) is 0 Å². The SMILES string of the molecule is COc1ccc(C2CCCN2)c(O)c1Br. The van der Waals surface area contributed by atoms with Gasteiger partial charge in [0, 0.05) is 11.6 Å². The molecule has 0 amide bonds. The zero-order valence-electron chi connectivity index (χ0n) is 8.59. The number of phenolic OH excluding ortho intramolecular Hbond substituents is 1. The number of benzene rings is 1. The second-order valence-electron chi connectivity index (χ2n) is 3.67. The number of hydrogen-bond acceptors (Lipinski definition) is 3. The maximum Gasteiger partial charge on any atom is 0.138 e. The molecule has 1 saturated heterocycles. The van der Waals surface area contributed by atoms with Crippen LogP contribution in [0.25, 0.3) is 0 Å². The minimum Gasteiger partial charge on any atom is -0.506 e. The molecule has 0 aromatic heterocycles. The van der Waals surface area contributed by atoms with Gasteiger partial charge in [-0.05, 0) is 47.4 Å². The number of halogens is 1. The van der Waals surface area contributed by atoms with Crippen molar-refractivity contribution in [2.24, 2.45) is 0 Å². The van der Waals surface area contributed by atoms with E-state index < -0.39 is 0 Å². The van der Waals surface area contributed by atoms with Gasteiger partial charge in [0.25, 0.3) is 0 Å². The van der Waals surface area contributed by atoms with Gasteiger partial charge >= 0.3 is 0 Å². The predicted molar refractivity (Wildman–Crippen MR) is 62.3 cm³/mol. The van der Waals surface area contributed by atoms with Crippen molar-refractivity contribution in [3.8, 4) is 11.5 Å². The van der Waals surface area contributed by atoms with Gasteiger partial charge in [-0.15, -0.1) is 0 Å². The molecule has 2 rings (SSSR count). The number of ether oxygens (including phenoxy) is 1. The van der Waals surface area contributed by atoms with Crippen LogP contribution in [0.1, 0.15) is 24.4 Å². The number of aromatic hydroxyl groups is 1. The fraction of sp³-hybridized carbons (Fsp3) is 0.455. The molecule has 4 heteroatoms. The average molecular weight is 272 g/mol. The van der Waals surface area contributed by atoms with E-state index in [0.29, 0.717) is 10.2 Å². The van der Waals surface area contributed by atoms with E-state index in [1.54, 1.807) is 7.11 Å². The Morgan fingerprint density at radius 3 is 2.93 bits per heavy atom. The Morgan fingerprint density at radius 2 is 2.33 bits per heavy atom. The zero-order valence-corrected chi connectivity index (χ0v) is 10.2. The van der Waals surface area contributed by atoms with E-state index in [0.717, 1.165) is 24.9 Å². The lowest BCUT2D eigenvalue weighted by molar-refractivity contribution is 0.400. The highest BCUT2D eigenvalue weighted by molar-refractivity contribution is 9.10. The summed E-state index contributed by atoms with van der Waals surface area (Å²) in [7, 11) is 1.59. The minimum absolute atomic E-state index is 0.271. The Hall–Kier alpha value is -0.740. The Kier molecular flexibility index (Phi) is 3.17. The third-order valence-corrected chi connectivity index (χ3v) is 3.53. The summed E-state index contributed by atoms with van der Waals surface area (Å²) in [4.78, 5) is 0. The van der Waals surface area contributed by atoms with Crippen LogP contribution in [0.3, 0.4) is 0 Å². The highest BCUT2D eigenvalue weighted by Crippen LogP contribution is 2.40. The first-order valence-electron chi connectivity index (χ1n) is 5.02. The lowest BCUT2D eigenvalue weighted by atomic mass is 10.0. The van der Waals surface area contributed by atoms with Crippen LogP contribution in [0, 0.1) is 0 Å². The van der Waals surface area contributed by atoms with Crippen LogP contribution in [0.15, 0.2) is 16.6 Å². The normalized spacial score (nSPS) is 20.5. The predicted octanol–water partition coefficient (Wildman–Crippen LogP) is 2.59. The van der Waals surface area contributed by atoms with Crippen LogP contribution in [-0.4, -0.2) is 18.8 Å². The Bertz CT molecular complexity index is 362. The summed E-state index contributed by atoms with van der Waals surface area (Å²) >= 11 is 3.34. The third-order valence-electron chi connectivity index (χ3n) is 2.77. The molecule has 0 aliphatic carbocycles. The van der Waals surface area contributed by atoms with E-state index in [2.05, 4.69) is 21.2 Å². The van der Waals surface area contributed by atoms with Gasteiger partial charge in [0.15, 0.2) is 0 Å². The van der Waals surface area contributed by atoms with Crippen molar-refractivity contribution in [2.45, 2.75) is 18.9 Å². The van der Waals surface area contributed by atoms with Gasteiger partial charge in [-0.2, -0.15) is 0 Å². The molecular formula is C11H14BrNO2. The highest BCUT2D eigenvalue weighted by atomic mass is 79.9. The molecule has 0 saturated carbocycles. The van der Waals surface area contributed by atoms with Crippen LogP contribution in [-0.2, 0) is 0 Å². The van der Waals surface area contributed by atoms with Gasteiger partial charge in [0.2, 0.25) is 0 Å².